The van der Waals surface area contributed by atoms with Gasteiger partial charge in [-0.1, -0.05) is 12.1 Å². The van der Waals surface area contributed by atoms with E-state index in [2.05, 4.69) is 10.1 Å². The minimum absolute atomic E-state index is 0.169. The zero-order valence-electron chi connectivity index (χ0n) is 9.09. The van der Waals surface area contributed by atoms with Gasteiger partial charge < -0.3 is 15.7 Å². The van der Waals surface area contributed by atoms with Gasteiger partial charge >= 0.3 is 0 Å². The van der Waals surface area contributed by atoms with Crippen LogP contribution in [0.4, 0.5) is 5.69 Å². The predicted molar refractivity (Wildman–Crippen MR) is 70.7 cm³/mol. The summed E-state index contributed by atoms with van der Waals surface area (Å²) in [6.07, 6.45) is 6.20. The molecule has 1 atom stereocenters. The molecule has 0 bridgehead atoms. The topological polar surface area (TPSA) is 68.7 Å². The maximum absolute atomic E-state index is 8.95. The lowest BCUT2D eigenvalue weighted by atomic mass is 10.1. The van der Waals surface area contributed by atoms with E-state index in [0.29, 0.717) is 12.1 Å². The van der Waals surface area contributed by atoms with Crippen LogP contribution in [0.5, 0.6) is 0 Å². The summed E-state index contributed by atoms with van der Waals surface area (Å²) in [6.45, 7) is 0. The van der Waals surface area contributed by atoms with Gasteiger partial charge in [-0.15, -0.1) is 0 Å². The van der Waals surface area contributed by atoms with Gasteiger partial charge in [-0.3, -0.25) is 0 Å². The highest BCUT2D eigenvalue weighted by atomic mass is 31.1. The average molecular weight is 245 g/mol. The first-order valence-corrected chi connectivity index (χ1v) is 6.13. The van der Waals surface area contributed by atoms with Crippen molar-refractivity contribution in [2.45, 2.75) is 6.42 Å². The smallest absolute Gasteiger partial charge is 0.295 e. The number of benzene rings is 1. The minimum atomic E-state index is -0.169. The number of hydrogen-bond donors (Lipinski definition) is 2. The molecule has 17 heavy (non-hydrogen) atoms. The zero-order chi connectivity index (χ0) is 12.1. The first-order valence-electron chi connectivity index (χ1n) is 5.18. The Kier molecular flexibility index (Phi) is 3.84. The van der Waals surface area contributed by atoms with Crippen LogP contribution in [0.1, 0.15) is 6.42 Å². The summed E-state index contributed by atoms with van der Waals surface area (Å²) in [7, 11) is -0.169. The second-order valence-corrected chi connectivity index (χ2v) is 4.40. The number of anilines is 1. The van der Waals surface area contributed by atoms with E-state index in [9.17, 15) is 0 Å². The molecule has 5 heteroatoms. The van der Waals surface area contributed by atoms with E-state index in [1.54, 1.807) is 6.08 Å². The van der Waals surface area contributed by atoms with Gasteiger partial charge in [0, 0.05) is 26.3 Å². The molecule has 4 nitrogen and oxygen atoms in total. The molecule has 2 rings (SSSR count). The summed E-state index contributed by atoms with van der Waals surface area (Å²) in [5.74, 6) is 0. The van der Waals surface area contributed by atoms with Crippen molar-refractivity contribution in [3.8, 4) is 0 Å². The largest absolute Gasteiger partial charge is 0.372 e. The Labute approximate surface area is 101 Å². The molecule has 0 saturated carbocycles. The molecule has 1 aliphatic rings. The maximum Gasteiger partial charge on any atom is 0.295 e. The van der Waals surface area contributed by atoms with Crippen molar-refractivity contribution in [1.82, 2.24) is 0 Å². The van der Waals surface area contributed by atoms with Gasteiger partial charge in [0.2, 0.25) is 0 Å². The lowest BCUT2D eigenvalue weighted by molar-refractivity contribution is -0.00540. The van der Waals surface area contributed by atoms with E-state index < -0.39 is 0 Å². The first kappa shape index (κ1) is 11.7. The van der Waals surface area contributed by atoms with E-state index in [4.69, 9.17) is 10.4 Å². The van der Waals surface area contributed by atoms with Gasteiger partial charge in [0.1, 0.15) is 0 Å². The van der Waals surface area contributed by atoms with Crippen LogP contribution < -0.4 is 10.6 Å². The first-order chi connectivity index (χ1) is 8.31. The van der Waals surface area contributed by atoms with Crippen LogP contribution in [-0.2, 0) is 0 Å². The van der Waals surface area contributed by atoms with Gasteiger partial charge in [-0.25, -0.2) is 0 Å². The highest BCUT2D eigenvalue weighted by Gasteiger charge is 2.07. The fourth-order valence-corrected chi connectivity index (χ4v) is 1.81. The number of allylic oxidation sites excluding steroid dienone is 3. The van der Waals surface area contributed by atoms with Gasteiger partial charge in [0.15, 0.2) is 0 Å². The van der Waals surface area contributed by atoms with Crippen molar-refractivity contribution in [1.29, 1.82) is 0 Å². The zero-order valence-corrected chi connectivity index (χ0v) is 10.1. The molecule has 2 N–H and O–H groups in total. The molecule has 1 aromatic carbocycles. The molecule has 0 heterocycles. The fourth-order valence-electron chi connectivity index (χ4n) is 1.50. The van der Waals surface area contributed by atoms with Crippen LogP contribution in [0.2, 0.25) is 0 Å². The summed E-state index contributed by atoms with van der Waals surface area (Å²) in [4.78, 5) is 12.1. The van der Waals surface area contributed by atoms with Crippen molar-refractivity contribution < 1.29 is 9.68 Å². The predicted octanol–water partition coefficient (Wildman–Crippen LogP) is 1.82. The van der Waals surface area contributed by atoms with Crippen LogP contribution >= 0.6 is 8.81 Å². The number of nitrogens with zero attached hydrogens (tertiary/aromatic N) is 2. The van der Waals surface area contributed by atoms with E-state index in [-0.39, 0.29) is 8.81 Å². The Morgan fingerprint density at radius 1 is 1.24 bits per heavy atom. The third kappa shape index (κ3) is 3.11. The van der Waals surface area contributed by atoms with Gasteiger partial charge in [0.05, 0.1) is 6.42 Å². The quantitative estimate of drug-likeness (QED) is 0.484. The highest BCUT2D eigenvalue weighted by molar-refractivity contribution is 7.40. The third-order valence-corrected chi connectivity index (χ3v) is 3.01. The SMILES string of the molecule is [N-]=[N+]=C1C=CC(Nc2ccc(PO)cc2)=CC1. The standard InChI is InChI=1S/C12H12N3OP/c13-15-11-3-1-9(2-4-11)14-10-5-7-12(17-16)8-6-10/h1-3,5-8,14,16-17H,4H2. The van der Waals surface area contributed by atoms with E-state index in [1.807, 2.05) is 36.4 Å². The Bertz CT molecular complexity index is 513. The van der Waals surface area contributed by atoms with Crippen molar-refractivity contribution in [3.63, 3.8) is 0 Å². The van der Waals surface area contributed by atoms with Gasteiger partial charge in [-0.2, -0.15) is 4.79 Å². The molecule has 0 radical (unpaired) electrons. The second kappa shape index (κ2) is 5.55. The van der Waals surface area contributed by atoms with Crippen molar-refractivity contribution in [3.05, 3.63) is 53.7 Å². The minimum Gasteiger partial charge on any atom is -0.372 e. The van der Waals surface area contributed by atoms with E-state index in [0.717, 1.165) is 16.7 Å². The monoisotopic (exact) mass is 245 g/mol. The molecule has 0 aromatic heterocycles. The van der Waals surface area contributed by atoms with Crippen molar-refractivity contribution in [2.75, 3.05) is 5.32 Å². The molecule has 1 aliphatic carbocycles. The molecule has 86 valence electrons. The molecule has 0 fully saturated rings. The van der Waals surface area contributed by atoms with Crippen LogP contribution in [0, 0.1) is 0 Å². The summed E-state index contributed by atoms with van der Waals surface area (Å²) in [6, 6.07) is 7.61. The summed E-state index contributed by atoms with van der Waals surface area (Å²) >= 11 is 0. The van der Waals surface area contributed by atoms with Crippen LogP contribution in [0.3, 0.4) is 0 Å². The molecule has 1 aromatic rings. The lowest BCUT2D eigenvalue weighted by Crippen LogP contribution is -2.05. The van der Waals surface area contributed by atoms with Crippen molar-refractivity contribution in [2.24, 2.45) is 0 Å². The third-order valence-electron chi connectivity index (χ3n) is 2.42. The van der Waals surface area contributed by atoms with Crippen LogP contribution in [-0.4, -0.2) is 15.4 Å². The number of nitrogens with one attached hydrogen (secondary N) is 1. The molecule has 1 unspecified atom stereocenters. The Hall–Kier alpha value is -1.73. The Morgan fingerprint density at radius 2 is 2.00 bits per heavy atom. The molecule has 0 aliphatic heterocycles. The van der Waals surface area contributed by atoms with Gasteiger partial charge in [-0.05, 0) is 29.6 Å². The maximum atomic E-state index is 8.95. The Balaban J connectivity index is 2.04. The van der Waals surface area contributed by atoms with Crippen LogP contribution in [0.25, 0.3) is 5.53 Å². The lowest BCUT2D eigenvalue weighted by Gasteiger charge is -2.09. The second-order valence-electron chi connectivity index (χ2n) is 3.60. The molecule has 0 spiro atoms. The highest BCUT2D eigenvalue weighted by Crippen LogP contribution is 2.14. The molecular formula is C12H12N3OP. The van der Waals surface area contributed by atoms with Crippen molar-refractivity contribution >= 4 is 25.5 Å². The number of rotatable bonds is 3. The number of hydrogen-bond acceptors (Lipinski definition) is 2. The summed E-state index contributed by atoms with van der Waals surface area (Å²) in [5, 5.41) is 4.15. The average Bonchev–Trinajstić information content (AvgIpc) is 2.40. The Morgan fingerprint density at radius 3 is 2.53 bits per heavy atom. The molecule has 0 saturated heterocycles. The summed E-state index contributed by atoms with van der Waals surface area (Å²) < 4.78 is 0. The van der Waals surface area contributed by atoms with Gasteiger partial charge in [0.25, 0.3) is 5.71 Å². The van der Waals surface area contributed by atoms with E-state index in [1.165, 1.54) is 0 Å². The van der Waals surface area contributed by atoms with Crippen LogP contribution in [0.15, 0.2) is 48.2 Å². The normalized spacial score (nSPS) is 14.9. The summed E-state index contributed by atoms with van der Waals surface area (Å²) in [5.41, 5.74) is 11.2. The molecule has 0 amide bonds. The fraction of sp³-hybridized carbons (Fsp3) is 0.0833. The molecular weight excluding hydrogens is 233 g/mol. The van der Waals surface area contributed by atoms with E-state index >= 15 is 0 Å².